The van der Waals surface area contributed by atoms with Gasteiger partial charge in [-0.3, -0.25) is 0 Å². The molecule has 2 atom stereocenters. The van der Waals surface area contributed by atoms with Gasteiger partial charge in [0.2, 0.25) is 5.89 Å². The summed E-state index contributed by atoms with van der Waals surface area (Å²) in [7, 11) is 0. The Labute approximate surface area is 144 Å². The summed E-state index contributed by atoms with van der Waals surface area (Å²) in [5.74, 6) is 1.97. The van der Waals surface area contributed by atoms with Gasteiger partial charge in [-0.1, -0.05) is 38.3 Å². The van der Waals surface area contributed by atoms with Gasteiger partial charge in [0.05, 0.1) is 5.92 Å². The highest BCUT2D eigenvalue weighted by Gasteiger charge is 2.30. The Morgan fingerprint density at radius 3 is 2.83 bits per heavy atom. The first-order chi connectivity index (χ1) is 11.7. The van der Waals surface area contributed by atoms with Gasteiger partial charge < -0.3 is 14.7 Å². The van der Waals surface area contributed by atoms with Crippen molar-refractivity contribution in [2.24, 2.45) is 0 Å². The molecule has 1 aliphatic carbocycles. The van der Waals surface area contributed by atoms with Crippen LogP contribution in [0.25, 0.3) is 0 Å². The van der Waals surface area contributed by atoms with Crippen molar-refractivity contribution < 1.29 is 9.32 Å². The number of nitrogens with one attached hydrogen (secondary N) is 1. The van der Waals surface area contributed by atoms with Gasteiger partial charge in [0.15, 0.2) is 5.82 Å². The van der Waals surface area contributed by atoms with Crippen molar-refractivity contribution in [3.05, 3.63) is 11.7 Å². The van der Waals surface area contributed by atoms with E-state index >= 15 is 0 Å². The van der Waals surface area contributed by atoms with E-state index in [1.165, 1.54) is 19.3 Å². The van der Waals surface area contributed by atoms with Gasteiger partial charge in [-0.25, -0.2) is 4.79 Å². The molecule has 1 saturated carbocycles. The minimum absolute atomic E-state index is 0.0771. The van der Waals surface area contributed by atoms with E-state index in [2.05, 4.69) is 29.3 Å². The minimum Gasteiger partial charge on any atom is -0.339 e. The first kappa shape index (κ1) is 17.2. The molecule has 1 N–H and O–H groups in total. The summed E-state index contributed by atoms with van der Waals surface area (Å²) in [4.78, 5) is 19.1. The number of urea groups is 1. The summed E-state index contributed by atoms with van der Waals surface area (Å²) in [6, 6.07) is 0.431. The van der Waals surface area contributed by atoms with E-state index in [1.54, 1.807) is 0 Å². The van der Waals surface area contributed by atoms with Gasteiger partial charge in [0.25, 0.3) is 0 Å². The van der Waals surface area contributed by atoms with Crippen molar-refractivity contribution >= 4 is 6.03 Å². The van der Waals surface area contributed by atoms with Crippen LogP contribution in [0.2, 0.25) is 0 Å². The first-order valence-electron chi connectivity index (χ1n) is 9.56. The normalized spacial score (nSPS) is 23.9. The molecule has 0 aromatic carbocycles. The first-order valence-corrected chi connectivity index (χ1v) is 9.56. The second-order valence-electron chi connectivity index (χ2n) is 7.37. The lowest BCUT2D eigenvalue weighted by molar-refractivity contribution is 0.166. The second-order valence-corrected chi connectivity index (χ2v) is 7.37. The number of likely N-dealkylation sites (tertiary alicyclic amines) is 1. The number of hydrogen-bond acceptors (Lipinski definition) is 4. The van der Waals surface area contributed by atoms with E-state index < -0.39 is 0 Å². The molecular weight excluding hydrogens is 304 g/mol. The van der Waals surface area contributed by atoms with E-state index in [4.69, 9.17) is 4.52 Å². The number of piperidine rings is 1. The van der Waals surface area contributed by atoms with Crippen molar-refractivity contribution in [1.29, 1.82) is 0 Å². The fourth-order valence-corrected chi connectivity index (χ4v) is 3.67. The third-order valence-electron chi connectivity index (χ3n) is 5.50. The Bertz CT molecular complexity index is 539. The molecule has 0 unspecified atom stereocenters. The van der Waals surface area contributed by atoms with Gasteiger partial charge in [-0.2, -0.15) is 4.98 Å². The average molecular weight is 334 g/mol. The average Bonchev–Trinajstić information content (AvgIpc) is 3.12. The van der Waals surface area contributed by atoms with Crippen molar-refractivity contribution in [3.8, 4) is 0 Å². The van der Waals surface area contributed by atoms with E-state index in [-0.39, 0.29) is 11.9 Å². The Balaban J connectivity index is 1.57. The fourth-order valence-electron chi connectivity index (χ4n) is 3.67. The Morgan fingerprint density at radius 1 is 1.29 bits per heavy atom. The molecule has 1 aromatic rings. The molecule has 24 heavy (non-hydrogen) atoms. The summed E-state index contributed by atoms with van der Waals surface area (Å²) in [5, 5.41) is 7.33. The molecule has 2 aliphatic rings. The predicted octanol–water partition coefficient (Wildman–Crippen LogP) is 3.80. The van der Waals surface area contributed by atoms with Crippen LogP contribution in [0.15, 0.2) is 4.52 Å². The Hall–Kier alpha value is -1.59. The molecule has 1 aliphatic heterocycles. The lowest BCUT2D eigenvalue weighted by Gasteiger charge is -2.33. The maximum atomic E-state index is 12.6. The quantitative estimate of drug-likeness (QED) is 0.909. The molecule has 2 amide bonds. The van der Waals surface area contributed by atoms with Crippen LogP contribution in [0, 0.1) is 0 Å². The highest BCUT2D eigenvalue weighted by molar-refractivity contribution is 5.74. The van der Waals surface area contributed by atoms with Gasteiger partial charge in [-0.15, -0.1) is 0 Å². The lowest BCUT2D eigenvalue weighted by atomic mass is 9.95. The number of rotatable bonds is 4. The van der Waals surface area contributed by atoms with Crippen molar-refractivity contribution in [2.45, 2.75) is 83.1 Å². The summed E-state index contributed by atoms with van der Waals surface area (Å²) < 4.78 is 5.49. The molecule has 1 aromatic heterocycles. The zero-order valence-corrected chi connectivity index (χ0v) is 15.0. The second kappa shape index (κ2) is 7.99. The predicted molar refractivity (Wildman–Crippen MR) is 92.0 cm³/mol. The highest BCUT2D eigenvalue weighted by Crippen LogP contribution is 2.27. The number of carbonyl (C=O) groups excluding carboxylic acids is 1. The van der Waals surface area contributed by atoms with Crippen LogP contribution in [-0.4, -0.2) is 40.2 Å². The highest BCUT2D eigenvalue weighted by atomic mass is 16.5. The van der Waals surface area contributed by atoms with Gasteiger partial charge in [0, 0.05) is 25.0 Å². The molecule has 6 heteroatoms. The topological polar surface area (TPSA) is 71.3 Å². The summed E-state index contributed by atoms with van der Waals surface area (Å²) >= 11 is 0. The molecule has 0 radical (unpaired) electrons. The number of carbonyl (C=O) groups is 1. The summed E-state index contributed by atoms with van der Waals surface area (Å²) in [6.07, 6.45) is 8.99. The minimum atomic E-state index is 0.0771. The molecular formula is C18H30N4O2. The number of nitrogens with zero attached hydrogens (tertiary/aromatic N) is 3. The van der Waals surface area contributed by atoms with Crippen molar-refractivity contribution in [3.63, 3.8) is 0 Å². The maximum absolute atomic E-state index is 12.6. The SMILES string of the molecule is CC[C@@H](C)c1noc([C@@H]2CCCN(C(=O)NC3CCCCC3)C2)n1. The standard InChI is InChI=1S/C18H30N4O2/c1-3-13(2)16-20-17(24-21-16)14-8-7-11-22(12-14)18(23)19-15-9-5-4-6-10-15/h13-15H,3-12H2,1-2H3,(H,19,23)/t13-,14-/m1/s1. The molecule has 0 bridgehead atoms. The molecule has 6 nitrogen and oxygen atoms in total. The fraction of sp³-hybridized carbons (Fsp3) is 0.833. The van der Waals surface area contributed by atoms with Crippen LogP contribution >= 0.6 is 0 Å². The number of aromatic nitrogens is 2. The number of amides is 2. The zero-order chi connectivity index (χ0) is 16.9. The third kappa shape index (κ3) is 4.08. The molecule has 2 heterocycles. The maximum Gasteiger partial charge on any atom is 0.317 e. The van der Waals surface area contributed by atoms with E-state index in [0.717, 1.165) is 44.5 Å². The molecule has 1 saturated heterocycles. The monoisotopic (exact) mass is 334 g/mol. The largest absolute Gasteiger partial charge is 0.339 e. The van der Waals surface area contributed by atoms with Gasteiger partial charge >= 0.3 is 6.03 Å². The third-order valence-corrected chi connectivity index (χ3v) is 5.50. The van der Waals surface area contributed by atoms with Crippen LogP contribution in [0.3, 0.4) is 0 Å². The molecule has 3 rings (SSSR count). The van der Waals surface area contributed by atoms with Gasteiger partial charge in [0.1, 0.15) is 0 Å². The van der Waals surface area contributed by atoms with Crippen LogP contribution < -0.4 is 5.32 Å². The van der Waals surface area contributed by atoms with Gasteiger partial charge in [-0.05, 0) is 32.1 Å². The lowest BCUT2D eigenvalue weighted by Crippen LogP contribution is -2.48. The number of hydrogen-bond donors (Lipinski definition) is 1. The van der Waals surface area contributed by atoms with Crippen LogP contribution in [0.4, 0.5) is 4.79 Å². The van der Waals surface area contributed by atoms with Crippen LogP contribution in [-0.2, 0) is 0 Å². The molecule has 2 fully saturated rings. The smallest absolute Gasteiger partial charge is 0.317 e. The van der Waals surface area contributed by atoms with E-state index in [1.807, 2.05) is 4.90 Å². The molecule has 134 valence electrons. The zero-order valence-electron chi connectivity index (χ0n) is 15.0. The van der Waals surface area contributed by atoms with Crippen molar-refractivity contribution in [1.82, 2.24) is 20.4 Å². The molecule has 0 spiro atoms. The van der Waals surface area contributed by atoms with Crippen LogP contribution in [0.1, 0.15) is 88.8 Å². The van der Waals surface area contributed by atoms with Crippen LogP contribution in [0.5, 0.6) is 0 Å². The Kier molecular flexibility index (Phi) is 5.74. The summed E-state index contributed by atoms with van der Waals surface area (Å²) in [5.41, 5.74) is 0. The van der Waals surface area contributed by atoms with E-state index in [0.29, 0.717) is 24.4 Å². The summed E-state index contributed by atoms with van der Waals surface area (Å²) in [6.45, 7) is 5.74. The Morgan fingerprint density at radius 2 is 2.08 bits per heavy atom. The van der Waals surface area contributed by atoms with E-state index in [9.17, 15) is 4.79 Å². The van der Waals surface area contributed by atoms with Crippen molar-refractivity contribution in [2.75, 3.05) is 13.1 Å².